The van der Waals surface area contributed by atoms with Gasteiger partial charge in [-0.05, 0) is 56.5 Å². The SMILES string of the molecule is C=Cc1oc(C2NC(=O)NC2=O)cc1C/C=C\CF.COc1ccc2c(c1F)C(=O)N(C)C2.Cc1nn(C)c(C)c1C. The lowest BCUT2D eigenvalue weighted by atomic mass is 10.1. The number of rotatable bonds is 6. The van der Waals surface area contributed by atoms with E-state index in [9.17, 15) is 23.2 Å². The molecule has 1 atom stereocenters. The maximum absolute atomic E-state index is 13.6. The first kappa shape index (κ1) is 31.8. The van der Waals surface area contributed by atoms with E-state index in [0.29, 0.717) is 24.5 Å². The summed E-state index contributed by atoms with van der Waals surface area (Å²) in [7, 11) is 5.00. The second-order valence-electron chi connectivity index (χ2n) is 9.66. The molecule has 224 valence electrons. The summed E-state index contributed by atoms with van der Waals surface area (Å²) in [5, 5.41) is 8.80. The monoisotopic (exact) mass is 583 g/mol. The number of benzene rings is 1. The fourth-order valence-electron chi connectivity index (χ4n) is 4.35. The Kier molecular flexibility index (Phi) is 10.4. The second-order valence-corrected chi connectivity index (χ2v) is 9.66. The topological polar surface area (TPSA) is 119 Å². The maximum Gasteiger partial charge on any atom is 0.322 e. The molecule has 1 fully saturated rings. The van der Waals surface area contributed by atoms with Gasteiger partial charge in [0, 0.05) is 31.9 Å². The Labute approximate surface area is 243 Å². The normalized spacial score (nSPS) is 15.5. The number of aryl methyl sites for hydroxylation is 2. The first-order chi connectivity index (χ1) is 19.9. The molecule has 12 heteroatoms. The quantitative estimate of drug-likeness (QED) is 0.323. The third-order valence-corrected chi connectivity index (χ3v) is 6.95. The highest BCUT2D eigenvalue weighted by Crippen LogP contribution is 2.30. The maximum atomic E-state index is 13.6. The van der Waals surface area contributed by atoms with Crippen molar-refractivity contribution >= 4 is 23.9 Å². The average molecular weight is 584 g/mol. The van der Waals surface area contributed by atoms with E-state index >= 15 is 0 Å². The Morgan fingerprint density at radius 2 is 1.90 bits per heavy atom. The molecule has 0 saturated carbocycles. The number of hydrogen-bond acceptors (Lipinski definition) is 6. The molecule has 10 nitrogen and oxygen atoms in total. The van der Waals surface area contributed by atoms with Crippen molar-refractivity contribution < 1.29 is 32.3 Å². The van der Waals surface area contributed by atoms with E-state index in [4.69, 9.17) is 9.15 Å². The van der Waals surface area contributed by atoms with E-state index in [-0.39, 0.29) is 17.2 Å². The number of imide groups is 1. The van der Waals surface area contributed by atoms with Gasteiger partial charge in [0.2, 0.25) is 0 Å². The molecule has 1 unspecified atom stereocenters. The number of fused-ring (bicyclic) bond motifs is 1. The van der Waals surface area contributed by atoms with Gasteiger partial charge in [0.05, 0.1) is 18.4 Å². The lowest BCUT2D eigenvalue weighted by Gasteiger charge is -2.05. The van der Waals surface area contributed by atoms with E-state index in [2.05, 4.69) is 36.2 Å². The van der Waals surface area contributed by atoms with Gasteiger partial charge in [-0.25, -0.2) is 13.6 Å². The summed E-state index contributed by atoms with van der Waals surface area (Å²) in [4.78, 5) is 35.6. The summed E-state index contributed by atoms with van der Waals surface area (Å²) in [6, 6.07) is 3.55. The summed E-state index contributed by atoms with van der Waals surface area (Å²) in [5.74, 6) is -0.335. The number of carbonyl (C=O) groups is 3. The van der Waals surface area contributed by atoms with Crippen LogP contribution in [0.3, 0.4) is 0 Å². The first-order valence-electron chi connectivity index (χ1n) is 13.1. The Balaban J connectivity index is 0.000000185. The van der Waals surface area contributed by atoms with E-state index in [1.54, 1.807) is 31.3 Å². The van der Waals surface area contributed by atoms with Crippen molar-refractivity contribution in [1.82, 2.24) is 25.3 Å². The molecule has 42 heavy (non-hydrogen) atoms. The minimum absolute atomic E-state index is 0.118. The lowest BCUT2D eigenvalue weighted by Crippen LogP contribution is -2.22. The summed E-state index contributed by atoms with van der Waals surface area (Å²) in [6.07, 6.45) is 5.03. The number of methoxy groups -OCH3 is 1. The molecule has 0 aliphatic carbocycles. The van der Waals surface area contributed by atoms with Gasteiger partial charge in [-0.15, -0.1) is 0 Å². The number of hydrogen-bond donors (Lipinski definition) is 2. The Hall–Kier alpha value is -4.74. The average Bonchev–Trinajstić information content (AvgIpc) is 3.67. The zero-order valence-corrected chi connectivity index (χ0v) is 24.5. The molecule has 0 bridgehead atoms. The summed E-state index contributed by atoms with van der Waals surface area (Å²) >= 11 is 0. The highest BCUT2D eigenvalue weighted by atomic mass is 19.1. The van der Waals surface area contributed by atoms with Crippen LogP contribution >= 0.6 is 0 Å². The summed E-state index contributed by atoms with van der Waals surface area (Å²) in [5.41, 5.74) is 5.34. The third kappa shape index (κ3) is 6.93. The van der Waals surface area contributed by atoms with Gasteiger partial charge in [-0.2, -0.15) is 5.10 Å². The van der Waals surface area contributed by atoms with Crippen molar-refractivity contribution in [2.24, 2.45) is 7.05 Å². The predicted octanol–water partition coefficient (Wildman–Crippen LogP) is 4.64. The molecule has 0 spiro atoms. The smallest absolute Gasteiger partial charge is 0.322 e. The zero-order valence-electron chi connectivity index (χ0n) is 24.5. The summed E-state index contributed by atoms with van der Waals surface area (Å²) in [6.45, 7) is 9.75. The van der Waals surface area contributed by atoms with Gasteiger partial charge in [-0.1, -0.05) is 24.8 Å². The van der Waals surface area contributed by atoms with Crippen LogP contribution < -0.4 is 15.4 Å². The van der Waals surface area contributed by atoms with Crippen molar-refractivity contribution in [3.63, 3.8) is 0 Å². The molecule has 4 heterocycles. The zero-order chi connectivity index (χ0) is 31.1. The Bertz CT molecular complexity index is 1500. The van der Waals surface area contributed by atoms with Crippen LogP contribution in [-0.4, -0.2) is 53.4 Å². The largest absolute Gasteiger partial charge is 0.494 e. The van der Waals surface area contributed by atoms with Gasteiger partial charge >= 0.3 is 6.03 Å². The number of ether oxygens (including phenoxy) is 1. The highest BCUT2D eigenvalue weighted by molar-refractivity contribution is 6.04. The van der Waals surface area contributed by atoms with Crippen LogP contribution in [0.25, 0.3) is 6.08 Å². The molecule has 2 aliphatic rings. The fourth-order valence-corrected chi connectivity index (χ4v) is 4.35. The minimum atomic E-state index is -0.829. The Morgan fingerprint density at radius 3 is 2.40 bits per heavy atom. The lowest BCUT2D eigenvalue weighted by molar-refractivity contribution is -0.120. The molecular weight excluding hydrogens is 548 g/mol. The number of allylic oxidation sites excluding steroid dienone is 2. The molecule has 4 amide bonds. The van der Waals surface area contributed by atoms with Crippen LogP contribution in [0.5, 0.6) is 5.75 Å². The van der Waals surface area contributed by atoms with Crippen LogP contribution in [0.4, 0.5) is 13.6 Å². The van der Waals surface area contributed by atoms with Gasteiger partial charge in [0.15, 0.2) is 17.6 Å². The number of furan rings is 1. The number of halogens is 2. The predicted molar refractivity (Wildman–Crippen MR) is 153 cm³/mol. The molecule has 5 rings (SSSR count). The van der Waals surface area contributed by atoms with Gasteiger partial charge in [0.25, 0.3) is 11.8 Å². The van der Waals surface area contributed by atoms with Crippen LogP contribution in [0.1, 0.15) is 56.0 Å². The number of nitrogens with zero attached hydrogens (tertiary/aromatic N) is 3. The molecule has 1 saturated heterocycles. The van der Waals surface area contributed by atoms with Crippen LogP contribution in [0.2, 0.25) is 0 Å². The molecule has 2 N–H and O–H groups in total. The third-order valence-electron chi connectivity index (χ3n) is 6.95. The van der Waals surface area contributed by atoms with Crippen molar-refractivity contribution in [3.05, 3.63) is 87.9 Å². The fraction of sp³-hybridized carbons (Fsp3) is 0.333. The molecular formula is C30H35F2N5O5. The van der Waals surface area contributed by atoms with Crippen LogP contribution in [-0.2, 0) is 24.8 Å². The standard InChI is InChI=1S/C13H13FN2O3.C10H10FNO2.C7H12N2/c1-2-9-8(5-3-4-6-14)7-10(19-9)11-12(17)16-13(18)15-11;1-12-5-6-3-4-7(14-2)9(11)8(6)10(12)13;1-5-6(2)8-9(4)7(5)3/h2-4,7,11H,1,5-6H2,(H2,15,16,17,18);3-4H,5H2,1-2H3;1-4H3/b4-3-;;. The van der Waals surface area contributed by atoms with Crippen LogP contribution in [0, 0.1) is 26.6 Å². The van der Waals surface area contributed by atoms with Gasteiger partial charge in [-0.3, -0.25) is 19.6 Å². The first-order valence-corrected chi connectivity index (χ1v) is 13.1. The number of alkyl halides is 1. The van der Waals surface area contributed by atoms with Gasteiger partial charge < -0.3 is 19.4 Å². The molecule has 0 radical (unpaired) electrons. The molecule has 2 aromatic heterocycles. The van der Waals surface area contributed by atoms with E-state index in [1.165, 1.54) is 35.4 Å². The molecule has 2 aliphatic heterocycles. The van der Waals surface area contributed by atoms with E-state index < -0.39 is 30.5 Å². The number of urea groups is 1. The number of nitrogens with one attached hydrogen (secondary N) is 2. The van der Waals surface area contributed by atoms with Crippen molar-refractivity contribution in [3.8, 4) is 5.75 Å². The summed E-state index contributed by atoms with van der Waals surface area (Å²) < 4.78 is 37.8. The van der Waals surface area contributed by atoms with Crippen molar-refractivity contribution in [2.75, 3.05) is 20.8 Å². The second kappa shape index (κ2) is 13.7. The number of aromatic nitrogens is 2. The van der Waals surface area contributed by atoms with Crippen LogP contribution in [0.15, 0.2) is 41.3 Å². The minimum Gasteiger partial charge on any atom is -0.494 e. The molecule has 1 aromatic carbocycles. The Morgan fingerprint density at radius 1 is 1.19 bits per heavy atom. The highest BCUT2D eigenvalue weighted by Gasteiger charge is 2.34. The van der Waals surface area contributed by atoms with Crippen molar-refractivity contribution in [2.45, 2.75) is 39.8 Å². The number of carbonyl (C=O) groups excluding carboxylic acids is 3. The van der Waals surface area contributed by atoms with E-state index in [1.807, 2.05) is 18.7 Å². The molecule has 3 aromatic rings. The van der Waals surface area contributed by atoms with Gasteiger partial charge in [0.1, 0.15) is 18.2 Å². The van der Waals surface area contributed by atoms with E-state index in [0.717, 1.165) is 16.8 Å². The number of amides is 4. The van der Waals surface area contributed by atoms with Crippen molar-refractivity contribution in [1.29, 1.82) is 0 Å².